The third-order valence-electron chi connectivity index (χ3n) is 4.86. The molecular weight excluding hydrogens is 339 g/mol. The number of hydrogen-bond acceptors (Lipinski definition) is 3. The van der Waals surface area contributed by atoms with Crippen molar-refractivity contribution in [1.29, 1.82) is 0 Å². The summed E-state index contributed by atoms with van der Waals surface area (Å²) < 4.78 is 4.73. The molecule has 0 bridgehead atoms. The molecule has 5 atom stereocenters. The van der Waals surface area contributed by atoms with Crippen LogP contribution < -0.4 is 5.32 Å². The second-order valence-corrected chi connectivity index (χ2v) is 9.61. The van der Waals surface area contributed by atoms with Gasteiger partial charge in [0.25, 0.3) is 0 Å². The lowest BCUT2D eigenvalue weighted by Crippen LogP contribution is -2.51. The van der Waals surface area contributed by atoms with Crippen LogP contribution >= 0.6 is 23.2 Å². The third-order valence-corrected chi connectivity index (χ3v) is 5.73. The maximum absolute atomic E-state index is 12.6. The SMILES string of the molecule is C[C@@H](NC(=O)[C@@H]1C[C@H]2C[C@H]2N1C(=O)OC(C)(C)C)[C@H]1CC1(Cl)Cl. The Balaban J connectivity index is 1.62. The van der Waals surface area contributed by atoms with Crippen LogP contribution in [-0.4, -0.2) is 45.0 Å². The highest BCUT2D eigenvalue weighted by Crippen LogP contribution is 2.55. The number of nitrogens with one attached hydrogen (secondary N) is 1. The molecule has 1 aliphatic heterocycles. The molecule has 3 fully saturated rings. The van der Waals surface area contributed by atoms with Crippen LogP contribution in [0, 0.1) is 11.8 Å². The van der Waals surface area contributed by atoms with E-state index in [1.54, 1.807) is 4.90 Å². The molecule has 1 saturated heterocycles. The van der Waals surface area contributed by atoms with Crippen molar-refractivity contribution in [2.24, 2.45) is 11.8 Å². The molecule has 0 spiro atoms. The molecule has 3 rings (SSSR count). The Morgan fingerprint density at radius 1 is 1.30 bits per heavy atom. The van der Waals surface area contributed by atoms with Crippen molar-refractivity contribution in [3.8, 4) is 0 Å². The molecule has 23 heavy (non-hydrogen) atoms. The monoisotopic (exact) mass is 362 g/mol. The van der Waals surface area contributed by atoms with Gasteiger partial charge in [-0.05, 0) is 52.9 Å². The second-order valence-electron chi connectivity index (χ2n) is 8.07. The lowest BCUT2D eigenvalue weighted by Gasteiger charge is -2.30. The van der Waals surface area contributed by atoms with Gasteiger partial charge in [0, 0.05) is 18.0 Å². The molecule has 1 N–H and O–H groups in total. The molecule has 2 amide bonds. The summed E-state index contributed by atoms with van der Waals surface area (Å²) in [6, 6.07) is -0.401. The van der Waals surface area contributed by atoms with Gasteiger partial charge in [0.15, 0.2) is 0 Å². The summed E-state index contributed by atoms with van der Waals surface area (Å²) in [5.41, 5.74) is -0.566. The van der Waals surface area contributed by atoms with E-state index in [-0.39, 0.29) is 23.9 Å². The molecule has 0 aromatic heterocycles. The fraction of sp³-hybridized carbons (Fsp3) is 0.875. The van der Waals surface area contributed by atoms with Gasteiger partial charge in [-0.2, -0.15) is 0 Å². The number of likely N-dealkylation sites (tertiary alicyclic amines) is 1. The van der Waals surface area contributed by atoms with Gasteiger partial charge >= 0.3 is 6.09 Å². The lowest BCUT2D eigenvalue weighted by molar-refractivity contribution is -0.126. The van der Waals surface area contributed by atoms with E-state index in [9.17, 15) is 9.59 Å². The van der Waals surface area contributed by atoms with Crippen LogP contribution in [0.5, 0.6) is 0 Å². The number of halogens is 2. The van der Waals surface area contributed by atoms with Crippen LogP contribution in [0.25, 0.3) is 0 Å². The number of amides is 2. The molecule has 0 aromatic rings. The number of alkyl halides is 2. The minimum absolute atomic E-state index is 0.0701. The largest absolute Gasteiger partial charge is 0.444 e. The van der Waals surface area contributed by atoms with Crippen molar-refractivity contribution >= 4 is 35.2 Å². The zero-order chi connectivity index (χ0) is 17.2. The number of fused-ring (bicyclic) bond motifs is 1. The number of carbonyl (C=O) groups excluding carboxylic acids is 2. The summed E-state index contributed by atoms with van der Waals surface area (Å²) in [6.07, 6.45) is 1.96. The zero-order valence-corrected chi connectivity index (χ0v) is 15.4. The Bertz CT molecular complexity index is 532. The maximum atomic E-state index is 12.6. The van der Waals surface area contributed by atoms with E-state index in [1.807, 2.05) is 27.7 Å². The molecule has 2 aliphatic carbocycles. The van der Waals surface area contributed by atoms with E-state index in [4.69, 9.17) is 27.9 Å². The van der Waals surface area contributed by atoms with Crippen molar-refractivity contribution < 1.29 is 14.3 Å². The number of piperidine rings is 1. The first-order valence-electron chi connectivity index (χ1n) is 8.19. The van der Waals surface area contributed by atoms with Gasteiger partial charge in [-0.3, -0.25) is 9.69 Å². The normalized spacial score (nSPS) is 35.3. The predicted octanol–water partition coefficient (Wildman–Crippen LogP) is 3.08. The first-order valence-corrected chi connectivity index (χ1v) is 8.95. The van der Waals surface area contributed by atoms with Gasteiger partial charge < -0.3 is 10.1 Å². The Kier molecular flexibility index (Phi) is 4.04. The van der Waals surface area contributed by atoms with E-state index in [2.05, 4.69) is 5.32 Å². The van der Waals surface area contributed by atoms with Crippen LogP contribution in [0.4, 0.5) is 4.79 Å². The maximum Gasteiger partial charge on any atom is 0.411 e. The molecule has 1 heterocycles. The molecule has 5 nitrogen and oxygen atoms in total. The Morgan fingerprint density at radius 2 is 1.91 bits per heavy atom. The van der Waals surface area contributed by atoms with Crippen LogP contribution in [0.2, 0.25) is 0 Å². The van der Waals surface area contributed by atoms with Crippen molar-refractivity contribution in [1.82, 2.24) is 10.2 Å². The van der Waals surface area contributed by atoms with Crippen molar-refractivity contribution in [2.75, 3.05) is 0 Å². The van der Waals surface area contributed by atoms with Gasteiger partial charge in [-0.15, -0.1) is 23.2 Å². The average molecular weight is 363 g/mol. The van der Waals surface area contributed by atoms with Crippen molar-refractivity contribution in [3.05, 3.63) is 0 Å². The highest BCUT2D eigenvalue weighted by Gasteiger charge is 2.58. The molecule has 0 unspecified atom stereocenters. The quantitative estimate of drug-likeness (QED) is 0.784. The second kappa shape index (κ2) is 5.41. The first kappa shape index (κ1) is 17.2. The lowest BCUT2D eigenvalue weighted by atomic mass is 10.1. The summed E-state index contributed by atoms with van der Waals surface area (Å²) in [6.45, 7) is 7.39. The van der Waals surface area contributed by atoms with Crippen LogP contribution in [0.1, 0.15) is 47.0 Å². The number of carbonyl (C=O) groups is 2. The molecule has 2 saturated carbocycles. The summed E-state index contributed by atoms with van der Waals surface area (Å²) in [4.78, 5) is 26.7. The van der Waals surface area contributed by atoms with Crippen LogP contribution in [0.3, 0.4) is 0 Å². The predicted molar refractivity (Wildman–Crippen MR) is 88.5 cm³/mol. The Morgan fingerprint density at radius 3 is 2.43 bits per heavy atom. The summed E-state index contributed by atoms with van der Waals surface area (Å²) in [5.74, 6) is 0.363. The molecule has 0 aromatic carbocycles. The molecule has 7 heteroatoms. The molecule has 130 valence electrons. The van der Waals surface area contributed by atoms with E-state index in [1.165, 1.54) is 0 Å². The fourth-order valence-corrected chi connectivity index (χ4v) is 4.18. The van der Waals surface area contributed by atoms with Gasteiger partial charge in [0.05, 0.1) is 0 Å². The number of nitrogens with zero attached hydrogens (tertiary/aromatic N) is 1. The topological polar surface area (TPSA) is 58.6 Å². The van der Waals surface area contributed by atoms with Gasteiger partial charge in [0.2, 0.25) is 5.91 Å². The van der Waals surface area contributed by atoms with E-state index < -0.39 is 22.1 Å². The average Bonchev–Trinajstić information content (AvgIpc) is 3.23. The Labute approximate surface area is 147 Å². The summed E-state index contributed by atoms with van der Waals surface area (Å²) in [5, 5.41) is 2.97. The van der Waals surface area contributed by atoms with Crippen LogP contribution in [-0.2, 0) is 9.53 Å². The minimum Gasteiger partial charge on any atom is -0.444 e. The van der Waals surface area contributed by atoms with Gasteiger partial charge in [-0.25, -0.2) is 4.79 Å². The molecule has 3 aliphatic rings. The molecule has 0 radical (unpaired) electrons. The Hall–Kier alpha value is -0.680. The smallest absolute Gasteiger partial charge is 0.411 e. The highest BCUT2D eigenvalue weighted by molar-refractivity contribution is 6.50. The number of rotatable bonds is 3. The first-order chi connectivity index (χ1) is 10.5. The van der Waals surface area contributed by atoms with Gasteiger partial charge in [-0.1, -0.05) is 0 Å². The third kappa shape index (κ3) is 3.55. The minimum atomic E-state index is -0.727. The van der Waals surface area contributed by atoms with E-state index in [0.717, 1.165) is 6.42 Å². The zero-order valence-electron chi connectivity index (χ0n) is 13.9. The highest BCUT2D eigenvalue weighted by atomic mass is 35.5. The van der Waals surface area contributed by atoms with Crippen molar-refractivity contribution in [3.63, 3.8) is 0 Å². The van der Waals surface area contributed by atoms with Crippen molar-refractivity contribution in [2.45, 2.75) is 75.0 Å². The summed E-state index contributed by atoms with van der Waals surface area (Å²) in [7, 11) is 0. The van der Waals surface area contributed by atoms with Gasteiger partial charge in [0.1, 0.15) is 16.0 Å². The van der Waals surface area contributed by atoms with Crippen LogP contribution in [0.15, 0.2) is 0 Å². The number of ether oxygens (including phenoxy) is 1. The standard InChI is InChI=1S/C16H24Cl2N2O3/c1-8(10-7-16(10,17)18)19-13(21)12-6-9-5-11(9)20(12)14(22)23-15(2,3)4/h8-12H,5-7H2,1-4H3,(H,19,21)/t8-,9-,10-,11-,12+/m1/s1. The fourth-order valence-electron chi connectivity index (χ4n) is 3.47. The summed E-state index contributed by atoms with van der Waals surface area (Å²) >= 11 is 12.1. The number of hydrogen-bond donors (Lipinski definition) is 1. The van der Waals surface area contributed by atoms with E-state index >= 15 is 0 Å². The van der Waals surface area contributed by atoms with E-state index in [0.29, 0.717) is 18.8 Å². The molecular formula is C16H24Cl2N2O3.